The second-order valence-electron chi connectivity index (χ2n) is 6.82. The molecule has 7 nitrogen and oxygen atoms in total. The van der Waals surface area contributed by atoms with Crippen LogP contribution in [0, 0.1) is 0 Å². The first-order chi connectivity index (χ1) is 14.7. The number of aromatic nitrogens is 1. The number of hydrogen-bond donors (Lipinski definition) is 2. The zero-order valence-electron chi connectivity index (χ0n) is 17.2. The van der Waals surface area contributed by atoms with Crippen LogP contribution in [0.15, 0.2) is 81.3 Å². The molecular weight excluding hydrogens is 380 g/mol. The van der Waals surface area contributed by atoms with E-state index in [1.165, 1.54) is 0 Å². The minimum Gasteiger partial charge on any atom is -0.467 e. The third kappa shape index (κ3) is 6.93. The fourth-order valence-corrected chi connectivity index (χ4v) is 2.91. The maximum Gasteiger partial charge on any atom is 0.250 e. The molecule has 3 aromatic rings. The summed E-state index contributed by atoms with van der Waals surface area (Å²) in [6.07, 6.45) is 4.32. The lowest BCUT2D eigenvalue weighted by Gasteiger charge is -2.12. The Bertz CT molecular complexity index is 963. The summed E-state index contributed by atoms with van der Waals surface area (Å²) >= 11 is 0. The molecule has 0 aliphatic heterocycles. The van der Waals surface area contributed by atoms with Crippen LogP contribution in [0.3, 0.4) is 0 Å². The number of ether oxygens (including phenoxy) is 1. The molecule has 0 unspecified atom stereocenters. The topological polar surface area (TPSA) is 80.8 Å². The van der Waals surface area contributed by atoms with E-state index in [9.17, 15) is 4.79 Å². The van der Waals surface area contributed by atoms with Crippen molar-refractivity contribution in [1.82, 2.24) is 15.2 Å². The Balaban J connectivity index is 1.35. The summed E-state index contributed by atoms with van der Waals surface area (Å²) in [5.41, 5.74) is 2.23. The molecule has 2 aromatic heterocycles. The quantitative estimate of drug-likeness (QED) is 0.306. The fraction of sp³-hybridized carbons (Fsp3) is 0.304. The summed E-state index contributed by atoms with van der Waals surface area (Å²) < 4.78 is 12.5. The number of rotatable bonds is 10. The molecule has 2 N–H and O–H groups in total. The van der Waals surface area contributed by atoms with E-state index in [1.807, 2.05) is 30.3 Å². The van der Waals surface area contributed by atoms with Crippen LogP contribution in [-0.4, -0.2) is 30.7 Å². The maximum atomic E-state index is 11.8. The number of nitrogens with zero attached hydrogens (tertiary/aromatic N) is 2. The Morgan fingerprint density at radius 2 is 1.90 bits per heavy atom. The van der Waals surface area contributed by atoms with Crippen molar-refractivity contribution in [2.45, 2.75) is 26.1 Å². The van der Waals surface area contributed by atoms with E-state index in [2.05, 4.69) is 27.8 Å². The van der Waals surface area contributed by atoms with Gasteiger partial charge in [-0.1, -0.05) is 30.3 Å². The van der Waals surface area contributed by atoms with Gasteiger partial charge >= 0.3 is 0 Å². The largest absolute Gasteiger partial charge is 0.467 e. The first kappa shape index (κ1) is 21.4. The van der Waals surface area contributed by atoms with Gasteiger partial charge in [-0.05, 0) is 35.7 Å². The predicted octanol–water partition coefficient (Wildman–Crippen LogP) is 2.76. The van der Waals surface area contributed by atoms with E-state index in [4.69, 9.17) is 9.15 Å². The van der Waals surface area contributed by atoms with Gasteiger partial charge in [0.05, 0.1) is 12.8 Å². The van der Waals surface area contributed by atoms with Crippen LogP contribution in [0.4, 0.5) is 0 Å². The van der Waals surface area contributed by atoms with Crippen molar-refractivity contribution >= 4 is 5.96 Å². The van der Waals surface area contributed by atoms with Gasteiger partial charge in [-0.25, -0.2) is 0 Å². The van der Waals surface area contributed by atoms with E-state index >= 15 is 0 Å². The van der Waals surface area contributed by atoms with E-state index in [0.29, 0.717) is 26.3 Å². The van der Waals surface area contributed by atoms with Crippen molar-refractivity contribution < 1.29 is 9.15 Å². The Kier molecular flexibility index (Phi) is 8.29. The molecule has 2 heterocycles. The Hall–Kier alpha value is -3.32. The van der Waals surface area contributed by atoms with Gasteiger partial charge in [0.25, 0.3) is 5.56 Å². The highest BCUT2D eigenvalue weighted by molar-refractivity contribution is 5.79. The average Bonchev–Trinajstić information content (AvgIpc) is 3.29. The zero-order chi connectivity index (χ0) is 21.0. The molecule has 0 aliphatic rings. The minimum absolute atomic E-state index is 0.00415. The number of guanidine groups is 1. The molecule has 7 heteroatoms. The summed E-state index contributed by atoms with van der Waals surface area (Å²) in [7, 11) is 1.75. The van der Waals surface area contributed by atoms with Crippen molar-refractivity contribution in [3.05, 3.63) is 94.3 Å². The second kappa shape index (κ2) is 11.6. The molecular formula is C23H28N4O3. The maximum absolute atomic E-state index is 11.8. The molecule has 30 heavy (non-hydrogen) atoms. The van der Waals surface area contributed by atoms with Gasteiger partial charge in [0.15, 0.2) is 5.96 Å². The van der Waals surface area contributed by atoms with E-state index in [1.54, 1.807) is 36.2 Å². The SMILES string of the molecule is CN=C(NCCCOCc1ccco1)NCc1ccc(Cn2ccccc2=O)cc1. The van der Waals surface area contributed by atoms with Crippen LogP contribution >= 0.6 is 0 Å². The van der Waals surface area contributed by atoms with Gasteiger partial charge in [0.2, 0.25) is 0 Å². The van der Waals surface area contributed by atoms with Crippen LogP contribution in [0.5, 0.6) is 0 Å². The van der Waals surface area contributed by atoms with Gasteiger partial charge in [-0.2, -0.15) is 0 Å². The van der Waals surface area contributed by atoms with E-state index in [-0.39, 0.29) is 5.56 Å². The lowest BCUT2D eigenvalue weighted by Crippen LogP contribution is -2.37. The van der Waals surface area contributed by atoms with Gasteiger partial charge in [0, 0.05) is 39.0 Å². The van der Waals surface area contributed by atoms with Gasteiger partial charge in [-0.15, -0.1) is 0 Å². The number of aliphatic imine (C=N–C) groups is 1. The molecule has 0 bridgehead atoms. The third-order valence-corrected chi connectivity index (χ3v) is 4.54. The van der Waals surface area contributed by atoms with Crippen molar-refractivity contribution in [2.24, 2.45) is 4.99 Å². The highest BCUT2D eigenvalue weighted by atomic mass is 16.5. The normalized spacial score (nSPS) is 11.4. The smallest absolute Gasteiger partial charge is 0.250 e. The number of pyridine rings is 1. The monoisotopic (exact) mass is 408 g/mol. The second-order valence-corrected chi connectivity index (χ2v) is 6.82. The highest BCUT2D eigenvalue weighted by Gasteiger charge is 2.01. The summed E-state index contributed by atoms with van der Waals surface area (Å²) in [5, 5.41) is 6.59. The molecule has 0 radical (unpaired) electrons. The van der Waals surface area contributed by atoms with E-state index in [0.717, 1.165) is 35.8 Å². The first-order valence-electron chi connectivity index (χ1n) is 10.0. The number of furan rings is 1. The van der Waals surface area contributed by atoms with Gasteiger partial charge in [-0.3, -0.25) is 9.79 Å². The van der Waals surface area contributed by atoms with Crippen molar-refractivity contribution in [3.8, 4) is 0 Å². The van der Waals surface area contributed by atoms with Crippen molar-refractivity contribution in [3.63, 3.8) is 0 Å². The summed E-state index contributed by atoms with van der Waals surface area (Å²) in [6, 6.07) is 17.2. The van der Waals surface area contributed by atoms with E-state index < -0.39 is 0 Å². The van der Waals surface area contributed by atoms with Gasteiger partial charge < -0.3 is 24.4 Å². The predicted molar refractivity (Wildman–Crippen MR) is 117 cm³/mol. The van der Waals surface area contributed by atoms with Crippen molar-refractivity contribution in [2.75, 3.05) is 20.2 Å². The molecule has 1 aromatic carbocycles. The Labute approximate surface area is 176 Å². The summed E-state index contributed by atoms with van der Waals surface area (Å²) in [6.45, 7) is 3.15. The Morgan fingerprint density at radius 1 is 1.07 bits per heavy atom. The first-order valence-corrected chi connectivity index (χ1v) is 10.0. The fourth-order valence-electron chi connectivity index (χ4n) is 2.91. The molecule has 158 valence electrons. The number of nitrogens with one attached hydrogen (secondary N) is 2. The highest BCUT2D eigenvalue weighted by Crippen LogP contribution is 2.06. The molecule has 0 atom stereocenters. The Morgan fingerprint density at radius 3 is 2.63 bits per heavy atom. The third-order valence-electron chi connectivity index (χ3n) is 4.54. The number of benzene rings is 1. The zero-order valence-corrected chi connectivity index (χ0v) is 17.2. The molecule has 0 fully saturated rings. The molecule has 3 rings (SSSR count). The number of hydrogen-bond acceptors (Lipinski definition) is 4. The molecule has 0 spiro atoms. The summed E-state index contributed by atoms with van der Waals surface area (Å²) in [4.78, 5) is 16.1. The molecule has 0 aliphatic carbocycles. The lowest BCUT2D eigenvalue weighted by molar-refractivity contribution is 0.105. The molecule has 0 saturated heterocycles. The minimum atomic E-state index is 0.00415. The van der Waals surface area contributed by atoms with Crippen LogP contribution in [-0.2, 0) is 24.4 Å². The average molecular weight is 409 g/mol. The van der Waals surface area contributed by atoms with Gasteiger partial charge in [0.1, 0.15) is 12.4 Å². The molecule has 0 saturated carbocycles. The van der Waals surface area contributed by atoms with Crippen molar-refractivity contribution in [1.29, 1.82) is 0 Å². The lowest BCUT2D eigenvalue weighted by atomic mass is 10.1. The standard InChI is InChI=1S/C23H28N4O3/c1-24-23(25-12-5-14-29-18-21-6-4-15-30-21)26-16-19-8-10-20(11-9-19)17-27-13-3-2-7-22(27)28/h2-4,6-11,13,15H,5,12,14,16-18H2,1H3,(H2,24,25,26). The summed E-state index contributed by atoms with van der Waals surface area (Å²) in [5.74, 6) is 1.59. The van der Waals surface area contributed by atoms with Crippen LogP contribution < -0.4 is 16.2 Å². The molecule has 0 amide bonds. The van der Waals surface area contributed by atoms with Crippen LogP contribution in [0.25, 0.3) is 0 Å². The van der Waals surface area contributed by atoms with Crippen LogP contribution in [0.1, 0.15) is 23.3 Å². The van der Waals surface area contributed by atoms with Crippen LogP contribution in [0.2, 0.25) is 0 Å².